The Morgan fingerprint density at radius 2 is 2.04 bits per heavy atom. The zero-order valence-electron chi connectivity index (χ0n) is 16.0. The van der Waals surface area contributed by atoms with E-state index in [-0.39, 0.29) is 36.4 Å². The predicted octanol–water partition coefficient (Wildman–Crippen LogP) is 2.75. The highest BCUT2D eigenvalue weighted by Crippen LogP contribution is 2.33. The zero-order valence-corrected chi connectivity index (χ0v) is 16.0. The molecule has 1 aliphatic heterocycles. The van der Waals surface area contributed by atoms with E-state index in [1.165, 1.54) is 12.1 Å². The van der Waals surface area contributed by atoms with Gasteiger partial charge in [-0.15, -0.1) is 0 Å². The first-order valence-corrected chi connectivity index (χ1v) is 9.83. The van der Waals surface area contributed by atoms with Crippen molar-refractivity contribution in [2.24, 2.45) is 0 Å². The third-order valence-electron chi connectivity index (χ3n) is 5.41. The number of nitrogens with one attached hydrogen (secondary N) is 1. The Morgan fingerprint density at radius 3 is 2.75 bits per heavy atom. The van der Waals surface area contributed by atoms with E-state index in [0.29, 0.717) is 19.6 Å². The maximum atomic E-state index is 13.9. The summed E-state index contributed by atoms with van der Waals surface area (Å²) >= 11 is 0. The zero-order chi connectivity index (χ0) is 19.7. The molecule has 2 aliphatic rings. The first-order chi connectivity index (χ1) is 13.6. The van der Waals surface area contributed by atoms with Gasteiger partial charge in [-0.25, -0.2) is 9.18 Å². The standard InChI is InChI=1S/C21H25FN4O2/c1-2-23-21(28)26(17-8-9-17)14-19(27)25-12-11-24-10-4-7-18(24)20(25)15-5-3-6-16(22)13-15/h3-7,10,13,17,20H,2,8-9,11-12,14H2,1H3,(H,23,28)/t20-/m0/s1. The average Bonchev–Trinajstić information content (AvgIpc) is 3.41. The molecule has 1 saturated carbocycles. The lowest BCUT2D eigenvalue weighted by molar-refractivity contribution is -0.134. The van der Waals surface area contributed by atoms with E-state index >= 15 is 0 Å². The molecule has 3 amide bonds. The average molecular weight is 384 g/mol. The first kappa shape index (κ1) is 18.5. The van der Waals surface area contributed by atoms with Crippen molar-refractivity contribution < 1.29 is 14.0 Å². The lowest BCUT2D eigenvalue weighted by Crippen LogP contribution is -2.50. The number of benzene rings is 1. The molecule has 0 bridgehead atoms. The lowest BCUT2D eigenvalue weighted by atomic mass is 9.99. The van der Waals surface area contributed by atoms with Crippen LogP contribution in [0.5, 0.6) is 0 Å². The Kier molecular flexibility index (Phi) is 5.07. The molecule has 6 nitrogen and oxygen atoms in total. The van der Waals surface area contributed by atoms with Crippen molar-refractivity contribution in [1.29, 1.82) is 0 Å². The van der Waals surface area contributed by atoms with Crippen molar-refractivity contribution in [1.82, 2.24) is 19.7 Å². The third kappa shape index (κ3) is 3.61. The summed E-state index contributed by atoms with van der Waals surface area (Å²) < 4.78 is 16.0. The molecule has 4 rings (SSSR count). The summed E-state index contributed by atoms with van der Waals surface area (Å²) in [6.45, 7) is 3.64. The largest absolute Gasteiger partial charge is 0.348 e. The molecule has 1 aromatic heterocycles. The number of urea groups is 1. The Morgan fingerprint density at radius 1 is 1.21 bits per heavy atom. The number of fused-ring (bicyclic) bond motifs is 1. The van der Waals surface area contributed by atoms with Gasteiger partial charge < -0.3 is 19.7 Å². The van der Waals surface area contributed by atoms with Gasteiger partial charge in [0.1, 0.15) is 12.4 Å². The van der Waals surface area contributed by atoms with E-state index in [9.17, 15) is 14.0 Å². The van der Waals surface area contributed by atoms with Gasteiger partial charge in [0.25, 0.3) is 0 Å². The molecular formula is C21H25FN4O2. The second-order valence-electron chi connectivity index (χ2n) is 7.37. The van der Waals surface area contributed by atoms with Crippen LogP contribution in [0.3, 0.4) is 0 Å². The summed E-state index contributed by atoms with van der Waals surface area (Å²) in [5.74, 6) is -0.435. The second kappa shape index (κ2) is 7.66. The van der Waals surface area contributed by atoms with Crippen LogP contribution in [0.1, 0.15) is 37.1 Å². The highest BCUT2D eigenvalue weighted by Gasteiger charge is 2.37. The molecule has 0 unspecified atom stereocenters. The van der Waals surface area contributed by atoms with Gasteiger partial charge in [0.15, 0.2) is 0 Å². The van der Waals surface area contributed by atoms with Crippen molar-refractivity contribution in [2.75, 3.05) is 19.6 Å². The van der Waals surface area contributed by atoms with Crippen LogP contribution in [0, 0.1) is 5.82 Å². The van der Waals surface area contributed by atoms with Crippen LogP contribution in [0.25, 0.3) is 0 Å². The monoisotopic (exact) mass is 384 g/mol. The van der Waals surface area contributed by atoms with Gasteiger partial charge in [-0.1, -0.05) is 12.1 Å². The van der Waals surface area contributed by atoms with Gasteiger partial charge in [0.05, 0.1) is 6.04 Å². The molecule has 148 valence electrons. The quantitative estimate of drug-likeness (QED) is 0.862. The number of halogens is 1. The Bertz CT molecular complexity index is 877. The number of rotatable bonds is 5. The number of hydrogen-bond acceptors (Lipinski definition) is 2. The molecule has 1 atom stereocenters. The van der Waals surface area contributed by atoms with E-state index in [0.717, 1.165) is 24.1 Å². The first-order valence-electron chi connectivity index (χ1n) is 9.83. The number of amides is 3. The minimum absolute atomic E-state index is 0.0447. The summed E-state index contributed by atoms with van der Waals surface area (Å²) in [7, 11) is 0. The number of carbonyl (C=O) groups excluding carboxylic acids is 2. The minimum atomic E-state index is -0.359. The van der Waals surface area contributed by atoms with Crippen molar-refractivity contribution in [3.63, 3.8) is 0 Å². The molecule has 0 spiro atoms. The SMILES string of the molecule is CCNC(=O)N(CC(=O)N1CCn2cccc2[C@@H]1c1cccc(F)c1)C1CC1. The van der Waals surface area contributed by atoms with Crippen LogP contribution >= 0.6 is 0 Å². The summed E-state index contributed by atoms with van der Waals surface area (Å²) in [6.07, 6.45) is 3.84. The van der Waals surface area contributed by atoms with E-state index in [2.05, 4.69) is 9.88 Å². The van der Waals surface area contributed by atoms with E-state index in [1.807, 2.05) is 31.3 Å². The molecular weight excluding hydrogens is 359 g/mol. The maximum absolute atomic E-state index is 13.9. The minimum Gasteiger partial charge on any atom is -0.348 e. The van der Waals surface area contributed by atoms with Crippen LogP contribution < -0.4 is 5.32 Å². The smallest absolute Gasteiger partial charge is 0.318 e. The van der Waals surface area contributed by atoms with Crippen LogP contribution in [-0.2, 0) is 11.3 Å². The highest BCUT2D eigenvalue weighted by molar-refractivity contribution is 5.85. The molecule has 0 radical (unpaired) electrons. The van der Waals surface area contributed by atoms with Gasteiger partial charge >= 0.3 is 6.03 Å². The molecule has 1 aromatic carbocycles. The summed E-state index contributed by atoms with van der Waals surface area (Å²) in [5.41, 5.74) is 1.70. The second-order valence-corrected chi connectivity index (χ2v) is 7.37. The lowest BCUT2D eigenvalue weighted by Gasteiger charge is -2.38. The Labute approximate surface area is 163 Å². The van der Waals surface area contributed by atoms with Gasteiger partial charge in [-0.05, 0) is 49.6 Å². The molecule has 7 heteroatoms. The van der Waals surface area contributed by atoms with E-state index < -0.39 is 0 Å². The molecule has 2 aromatic rings. The molecule has 1 aliphatic carbocycles. The molecule has 1 fully saturated rings. The van der Waals surface area contributed by atoms with Crippen LogP contribution in [-0.4, -0.2) is 52.0 Å². The van der Waals surface area contributed by atoms with Gasteiger partial charge in [-0.2, -0.15) is 0 Å². The number of carbonyl (C=O) groups is 2. The topological polar surface area (TPSA) is 57.6 Å². The van der Waals surface area contributed by atoms with E-state index in [1.54, 1.807) is 15.9 Å². The third-order valence-corrected chi connectivity index (χ3v) is 5.41. The normalized spacial score (nSPS) is 18.5. The van der Waals surface area contributed by atoms with Crippen LogP contribution in [0.15, 0.2) is 42.6 Å². The molecule has 28 heavy (non-hydrogen) atoms. The summed E-state index contributed by atoms with van der Waals surface area (Å²) in [6, 6.07) is 9.90. The molecule has 1 N–H and O–H groups in total. The number of aromatic nitrogens is 1. The fourth-order valence-corrected chi connectivity index (χ4v) is 3.92. The Hall–Kier alpha value is -2.83. The fourth-order valence-electron chi connectivity index (χ4n) is 3.92. The Balaban J connectivity index is 1.61. The van der Waals surface area contributed by atoms with Crippen LogP contribution in [0.2, 0.25) is 0 Å². The number of hydrogen-bond donors (Lipinski definition) is 1. The van der Waals surface area contributed by atoms with E-state index in [4.69, 9.17) is 0 Å². The highest BCUT2D eigenvalue weighted by atomic mass is 19.1. The predicted molar refractivity (Wildman–Crippen MR) is 103 cm³/mol. The van der Waals surface area contributed by atoms with Crippen molar-refractivity contribution in [3.8, 4) is 0 Å². The molecule has 2 heterocycles. The van der Waals surface area contributed by atoms with Gasteiger partial charge in [0.2, 0.25) is 5.91 Å². The van der Waals surface area contributed by atoms with Gasteiger partial charge in [-0.3, -0.25) is 4.79 Å². The summed E-state index contributed by atoms with van der Waals surface area (Å²) in [4.78, 5) is 29.1. The summed E-state index contributed by atoms with van der Waals surface area (Å²) in [5, 5.41) is 2.80. The molecule has 0 saturated heterocycles. The fraction of sp³-hybridized carbons (Fsp3) is 0.429. The van der Waals surface area contributed by atoms with Crippen molar-refractivity contribution in [3.05, 3.63) is 59.7 Å². The van der Waals surface area contributed by atoms with Gasteiger partial charge in [0, 0.05) is 37.6 Å². The number of nitrogens with zero attached hydrogens (tertiary/aromatic N) is 3. The maximum Gasteiger partial charge on any atom is 0.318 e. The van der Waals surface area contributed by atoms with Crippen molar-refractivity contribution in [2.45, 2.75) is 38.4 Å². The van der Waals surface area contributed by atoms with Crippen molar-refractivity contribution >= 4 is 11.9 Å². The van der Waals surface area contributed by atoms with Crippen LogP contribution in [0.4, 0.5) is 9.18 Å².